The lowest BCUT2D eigenvalue weighted by atomic mass is 10.1. The fraction of sp³-hybridized carbons (Fsp3) is 0. The van der Waals surface area contributed by atoms with E-state index >= 15 is 0 Å². The molecule has 0 unspecified atom stereocenters. The topological polar surface area (TPSA) is 72.2 Å². The Labute approximate surface area is 133 Å². The van der Waals surface area contributed by atoms with Crippen LogP contribution in [0.2, 0.25) is 5.02 Å². The Hall–Kier alpha value is -1.92. The Morgan fingerprint density at radius 1 is 1.19 bits per heavy atom. The van der Waals surface area contributed by atoms with Gasteiger partial charge in [0.2, 0.25) is 5.91 Å². The Morgan fingerprint density at radius 2 is 1.90 bits per heavy atom. The number of hydrogen-bond acceptors (Lipinski definition) is 2. The monoisotopic (exact) mass is 370 g/mol. The smallest absolute Gasteiger partial charge is 0.258 e. The maximum Gasteiger partial charge on any atom is 0.258 e. The summed E-state index contributed by atoms with van der Waals surface area (Å²) < 4.78 is 14.2. The third kappa shape index (κ3) is 3.59. The van der Waals surface area contributed by atoms with Gasteiger partial charge in [0.15, 0.2) is 0 Å². The second kappa shape index (κ2) is 6.24. The molecule has 7 heteroatoms. The molecule has 2 amide bonds. The van der Waals surface area contributed by atoms with Crippen LogP contribution < -0.4 is 11.1 Å². The molecule has 2 rings (SSSR count). The van der Waals surface area contributed by atoms with Crippen LogP contribution in [0.15, 0.2) is 40.9 Å². The zero-order chi connectivity index (χ0) is 15.6. The number of anilines is 1. The van der Waals surface area contributed by atoms with Crippen molar-refractivity contribution in [3.05, 3.63) is 62.8 Å². The van der Waals surface area contributed by atoms with Gasteiger partial charge in [-0.2, -0.15) is 0 Å². The van der Waals surface area contributed by atoms with Crippen LogP contribution >= 0.6 is 27.5 Å². The van der Waals surface area contributed by atoms with Gasteiger partial charge in [0.25, 0.3) is 5.91 Å². The zero-order valence-electron chi connectivity index (χ0n) is 10.5. The Balaban J connectivity index is 2.33. The lowest BCUT2D eigenvalue weighted by Crippen LogP contribution is -2.16. The molecule has 0 radical (unpaired) electrons. The van der Waals surface area contributed by atoms with Crippen LogP contribution in [0.1, 0.15) is 20.7 Å². The molecule has 0 aliphatic heterocycles. The molecule has 0 aliphatic rings. The van der Waals surface area contributed by atoms with Crippen LogP contribution in [0.25, 0.3) is 0 Å². The highest BCUT2D eigenvalue weighted by atomic mass is 79.9. The summed E-state index contributed by atoms with van der Waals surface area (Å²) in [6.45, 7) is 0. The third-order valence-electron chi connectivity index (χ3n) is 2.67. The lowest BCUT2D eigenvalue weighted by Gasteiger charge is -2.09. The van der Waals surface area contributed by atoms with E-state index < -0.39 is 17.6 Å². The summed E-state index contributed by atoms with van der Waals surface area (Å²) in [6, 6.07) is 8.18. The maximum absolute atomic E-state index is 13.6. The van der Waals surface area contributed by atoms with Crippen molar-refractivity contribution in [1.82, 2.24) is 0 Å². The molecule has 0 aromatic heterocycles. The Kier molecular flexibility index (Phi) is 4.59. The number of amides is 2. The molecule has 0 fully saturated rings. The first-order valence-corrected chi connectivity index (χ1v) is 6.91. The van der Waals surface area contributed by atoms with Crippen LogP contribution in [-0.4, -0.2) is 11.8 Å². The van der Waals surface area contributed by atoms with Crippen molar-refractivity contribution in [3.8, 4) is 0 Å². The highest BCUT2D eigenvalue weighted by molar-refractivity contribution is 9.10. The van der Waals surface area contributed by atoms with Crippen LogP contribution in [0.4, 0.5) is 10.1 Å². The minimum atomic E-state index is -0.683. The van der Waals surface area contributed by atoms with Crippen molar-refractivity contribution in [3.63, 3.8) is 0 Å². The summed E-state index contributed by atoms with van der Waals surface area (Å²) in [5.74, 6) is -2.01. The highest BCUT2D eigenvalue weighted by Crippen LogP contribution is 2.24. The average Bonchev–Trinajstić information content (AvgIpc) is 2.43. The molecule has 108 valence electrons. The maximum atomic E-state index is 13.6. The summed E-state index contributed by atoms with van der Waals surface area (Å²) in [5, 5.41) is 2.66. The largest absolute Gasteiger partial charge is 0.366 e. The van der Waals surface area contributed by atoms with Crippen LogP contribution in [0.5, 0.6) is 0 Å². The number of halogens is 3. The fourth-order valence-corrected chi connectivity index (χ4v) is 2.16. The molecule has 0 atom stereocenters. The van der Waals surface area contributed by atoms with E-state index in [-0.39, 0.29) is 21.8 Å². The molecular weight excluding hydrogens is 363 g/mol. The number of nitrogens with two attached hydrogens (primary N) is 1. The first kappa shape index (κ1) is 15.5. The fourth-order valence-electron chi connectivity index (χ4n) is 1.64. The molecule has 0 saturated heterocycles. The van der Waals surface area contributed by atoms with E-state index in [1.807, 2.05) is 0 Å². The number of primary amides is 1. The van der Waals surface area contributed by atoms with Crippen molar-refractivity contribution >= 4 is 45.0 Å². The second-order valence-corrected chi connectivity index (χ2v) is 5.46. The minimum Gasteiger partial charge on any atom is -0.366 e. The number of carbonyl (C=O) groups excluding carboxylic acids is 2. The summed E-state index contributed by atoms with van der Waals surface area (Å²) >= 11 is 9.09. The minimum absolute atomic E-state index is 0.148. The lowest BCUT2D eigenvalue weighted by molar-refractivity contribution is 0.0995. The van der Waals surface area contributed by atoms with Gasteiger partial charge in [-0.05, 0) is 36.4 Å². The number of hydrogen-bond donors (Lipinski definition) is 2. The number of nitrogens with one attached hydrogen (secondary N) is 1. The van der Waals surface area contributed by atoms with E-state index in [1.54, 1.807) is 0 Å². The first-order chi connectivity index (χ1) is 9.88. The normalized spacial score (nSPS) is 10.2. The van der Waals surface area contributed by atoms with Crippen molar-refractivity contribution < 1.29 is 14.0 Å². The molecule has 21 heavy (non-hydrogen) atoms. The van der Waals surface area contributed by atoms with E-state index in [1.165, 1.54) is 36.4 Å². The zero-order valence-corrected chi connectivity index (χ0v) is 12.8. The van der Waals surface area contributed by atoms with Gasteiger partial charge in [-0.25, -0.2) is 4.39 Å². The quantitative estimate of drug-likeness (QED) is 0.865. The molecule has 0 heterocycles. The predicted octanol–water partition coefficient (Wildman–Crippen LogP) is 3.59. The van der Waals surface area contributed by atoms with Gasteiger partial charge in [-0.1, -0.05) is 27.5 Å². The Morgan fingerprint density at radius 3 is 2.57 bits per heavy atom. The molecule has 2 aromatic carbocycles. The first-order valence-electron chi connectivity index (χ1n) is 5.74. The standard InChI is InChI=1S/C14H9BrClFN2O2/c15-8-2-4-11(17)9(6-8)14(21)19-12-5-7(13(18)20)1-3-10(12)16/h1-6H,(H2,18,20)(H,19,21). The van der Waals surface area contributed by atoms with E-state index in [4.69, 9.17) is 17.3 Å². The van der Waals surface area contributed by atoms with E-state index in [0.717, 1.165) is 0 Å². The second-order valence-electron chi connectivity index (χ2n) is 4.14. The molecule has 2 aromatic rings. The molecule has 0 saturated carbocycles. The van der Waals surface area contributed by atoms with Crippen molar-refractivity contribution in [2.75, 3.05) is 5.32 Å². The molecule has 0 spiro atoms. The predicted molar refractivity (Wildman–Crippen MR) is 82.0 cm³/mol. The van der Waals surface area contributed by atoms with Crippen molar-refractivity contribution in [2.45, 2.75) is 0 Å². The van der Waals surface area contributed by atoms with E-state index in [0.29, 0.717) is 4.47 Å². The summed E-state index contributed by atoms with van der Waals surface area (Å²) in [7, 11) is 0. The van der Waals surface area contributed by atoms with E-state index in [2.05, 4.69) is 21.2 Å². The molecule has 4 nitrogen and oxygen atoms in total. The molecule has 0 aliphatic carbocycles. The van der Waals surface area contributed by atoms with Gasteiger partial charge in [0, 0.05) is 10.0 Å². The molecular formula is C14H9BrClFN2O2. The Bertz CT molecular complexity index is 737. The van der Waals surface area contributed by atoms with Gasteiger partial charge in [0.1, 0.15) is 5.82 Å². The summed E-state index contributed by atoms with van der Waals surface area (Å²) in [4.78, 5) is 23.2. The SMILES string of the molecule is NC(=O)c1ccc(Cl)c(NC(=O)c2cc(Br)ccc2F)c1. The van der Waals surface area contributed by atoms with E-state index in [9.17, 15) is 14.0 Å². The third-order valence-corrected chi connectivity index (χ3v) is 3.49. The van der Waals surface area contributed by atoms with Crippen molar-refractivity contribution in [2.24, 2.45) is 5.73 Å². The van der Waals surface area contributed by atoms with Crippen LogP contribution in [0, 0.1) is 5.82 Å². The summed E-state index contributed by atoms with van der Waals surface area (Å²) in [5.41, 5.74) is 5.37. The van der Waals surface area contributed by atoms with Crippen molar-refractivity contribution in [1.29, 1.82) is 0 Å². The van der Waals surface area contributed by atoms with Gasteiger partial charge >= 0.3 is 0 Å². The summed E-state index contributed by atoms with van der Waals surface area (Å²) in [6.07, 6.45) is 0. The highest BCUT2D eigenvalue weighted by Gasteiger charge is 2.14. The molecule has 0 bridgehead atoms. The van der Waals surface area contributed by atoms with Gasteiger partial charge in [-0.15, -0.1) is 0 Å². The van der Waals surface area contributed by atoms with Gasteiger partial charge in [0.05, 0.1) is 16.3 Å². The molecule has 3 N–H and O–H groups in total. The average molecular weight is 372 g/mol. The number of rotatable bonds is 3. The van der Waals surface area contributed by atoms with Crippen LogP contribution in [0.3, 0.4) is 0 Å². The van der Waals surface area contributed by atoms with Gasteiger partial charge in [-0.3, -0.25) is 9.59 Å². The number of benzene rings is 2. The van der Waals surface area contributed by atoms with Gasteiger partial charge < -0.3 is 11.1 Å². The van der Waals surface area contributed by atoms with Crippen LogP contribution in [-0.2, 0) is 0 Å². The number of carbonyl (C=O) groups is 2.